The first-order valence-electron chi connectivity index (χ1n) is 4.36. The summed E-state index contributed by atoms with van der Waals surface area (Å²) in [5, 5.41) is 2.11. The Balaban J connectivity index is 1.94. The Bertz CT molecular complexity index is 284. The van der Waals surface area contributed by atoms with Crippen molar-refractivity contribution in [2.24, 2.45) is 0 Å². The predicted octanol–water partition coefficient (Wildman–Crippen LogP) is 2.88. The molecule has 2 nitrogen and oxygen atoms in total. The molecule has 13 heavy (non-hydrogen) atoms. The lowest BCUT2D eigenvalue weighted by Gasteiger charge is -2.23. The van der Waals surface area contributed by atoms with Gasteiger partial charge in [-0.05, 0) is 35.9 Å². The maximum absolute atomic E-state index is 3.33. The number of hydrogen-bond donors (Lipinski definition) is 1. The minimum Gasteiger partial charge on any atom is -0.309 e. The highest BCUT2D eigenvalue weighted by Gasteiger charge is 2.05. The van der Waals surface area contributed by atoms with Crippen LogP contribution in [0.4, 0.5) is 5.69 Å². The van der Waals surface area contributed by atoms with Crippen LogP contribution in [0.3, 0.4) is 0 Å². The molecule has 0 fully saturated rings. The highest BCUT2D eigenvalue weighted by Crippen LogP contribution is 2.19. The molecule has 1 N–H and O–H groups in total. The van der Waals surface area contributed by atoms with Gasteiger partial charge in [0.05, 0.1) is 0 Å². The number of para-hydroxylation sites is 1. The van der Waals surface area contributed by atoms with Crippen molar-refractivity contribution in [3.8, 4) is 0 Å². The molecule has 0 atom stereocenters. The van der Waals surface area contributed by atoms with Gasteiger partial charge in [-0.3, -0.25) is 0 Å². The molecule has 0 bridgehead atoms. The molecule has 0 aromatic heterocycles. The lowest BCUT2D eigenvalue weighted by Crippen LogP contribution is -2.24. The van der Waals surface area contributed by atoms with Gasteiger partial charge in [0.2, 0.25) is 0 Å². The van der Waals surface area contributed by atoms with E-state index in [2.05, 4.69) is 33.5 Å². The molecule has 0 aliphatic carbocycles. The second-order valence-electron chi connectivity index (χ2n) is 2.85. The molecule has 0 saturated heterocycles. The van der Waals surface area contributed by atoms with Crippen LogP contribution < -0.4 is 5.43 Å². The molecule has 0 radical (unpaired) electrons. The highest BCUT2D eigenvalue weighted by atomic mass is 32.2. The van der Waals surface area contributed by atoms with Crippen LogP contribution in [0.2, 0.25) is 0 Å². The van der Waals surface area contributed by atoms with Crippen molar-refractivity contribution < 1.29 is 0 Å². The summed E-state index contributed by atoms with van der Waals surface area (Å²) in [4.78, 5) is 0. The van der Waals surface area contributed by atoms with E-state index in [9.17, 15) is 0 Å². The number of nitrogens with zero attached hydrogens (tertiary/aromatic N) is 1. The summed E-state index contributed by atoms with van der Waals surface area (Å²) in [6, 6.07) is 10.2. The van der Waals surface area contributed by atoms with Gasteiger partial charge in [0.15, 0.2) is 0 Å². The van der Waals surface area contributed by atoms with E-state index < -0.39 is 0 Å². The lowest BCUT2D eigenvalue weighted by molar-refractivity contribution is 0.562. The van der Waals surface area contributed by atoms with E-state index in [-0.39, 0.29) is 0 Å². The fraction of sp³-hybridized carbons (Fsp3) is 0.200. The molecule has 2 rings (SSSR count). The van der Waals surface area contributed by atoms with Crippen LogP contribution in [-0.4, -0.2) is 11.0 Å². The molecular weight excluding hydrogens is 180 g/mol. The first-order chi connectivity index (χ1) is 6.45. The Morgan fingerprint density at radius 3 is 2.77 bits per heavy atom. The Kier molecular flexibility index (Phi) is 2.90. The normalized spacial score (nSPS) is 17.2. The summed E-state index contributed by atoms with van der Waals surface area (Å²) in [6.45, 7) is 1.05. The summed E-state index contributed by atoms with van der Waals surface area (Å²) in [7, 11) is 0. The predicted molar refractivity (Wildman–Crippen MR) is 58.1 cm³/mol. The zero-order chi connectivity index (χ0) is 8.93. The van der Waals surface area contributed by atoms with Crippen molar-refractivity contribution >= 4 is 17.6 Å². The van der Waals surface area contributed by atoms with Crippen molar-refractivity contribution in [1.29, 1.82) is 0 Å². The fourth-order valence-electron chi connectivity index (χ4n) is 1.17. The summed E-state index contributed by atoms with van der Waals surface area (Å²) < 4.78 is 2.13. The maximum atomic E-state index is 3.33. The lowest BCUT2D eigenvalue weighted by atomic mass is 10.3. The minimum atomic E-state index is 1.05. The second-order valence-corrected chi connectivity index (χ2v) is 3.77. The number of benzene rings is 1. The Hall–Kier alpha value is -0.930. The Morgan fingerprint density at radius 1 is 1.23 bits per heavy atom. The number of hydrogen-bond acceptors (Lipinski definition) is 3. The van der Waals surface area contributed by atoms with Crippen LogP contribution in [-0.2, 0) is 0 Å². The van der Waals surface area contributed by atoms with E-state index in [1.165, 1.54) is 0 Å². The van der Waals surface area contributed by atoms with Crippen LogP contribution in [0.25, 0.3) is 0 Å². The van der Waals surface area contributed by atoms with E-state index in [1.54, 1.807) is 11.9 Å². The van der Waals surface area contributed by atoms with E-state index in [0.717, 1.165) is 18.7 Å². The highest BCUT2D eigenvalue weighted by molar-refractivity contribution is 8.00. The Labute approximate surface area is 82.7 Å². The van der Waals surface area contributed by atoms with Gasteiger partial charge in [0.25, 0.3) is 0 Å². The largest absolute Gasteiger partial charge is 0.309 e. The average Bonchev–Trinajstić information content (AvgIpc) is 2.21. The molecule has 1 aromatic rings. The van der Waals surface area contributed by atoms with Gasteiger partial charge in [0, 0.05) is 12.2 Å². The molecule has 0 spiro atoms. The van der Waals surface area contributed by atoms with Gasteiger partial charge in [0.1, 0.15) is 0 Å². The van der Waals surface area contributed by atoms with Gasteiger partial charge in [-0.2, -0.15) is 4.41 Å². The van der Waals surface area contributed by atoms with Gasteiger partial charge < -0.3 is 5.43 Å². The topological polar surface area (TPSA) is 15.3 Å². The fourth-order valence-corrected chi connectivity index (χ4v) is 1.91. The zero-order valence-electron chi connectivity index (χ0n) is 7.31. The summed E-state index contributed by atoms with van der Waals surface area (Å²) >= 11 is 1.70. The smallest absolute Gasteiger partial charge is 0.0499 e. The number of anilines is 1. The zero-order valence-corrected chi connectivity index (χ0v) is 8.13. The van der Waals surface area contributed by atoms with Crippen LogP contribution in [0, 0.1) is 0 Å². The average molecular weight is 192 g/mol. The second kappa shape index (κ2) is 4.35. The third kappa shape index (κ3) is 2.50. The molecule has 1 aliphatic heterocycles. The monoisotopic (exact) mass is 192 g/mol. The molecule has 1 heterocycles. The third-order valence-electron chi connectivity index (χ3n) is 1.81. The first kappa shape index (κ1) is 8.66. The molecule has 1 aromatic carbocycles. The number of hydrazine groups is 1. The molecule has 3 heteroatoms. The number of nitrogens with one attached hydrogen (secondary N) is 1. The van der Waals surface area contributed by atoms with Gasteiger partial charge >= 0.3 is 0 Å². The molecule has 1 aliphatic rings. The van der Waals surface area contributed by atoms with Crippen molar-refractivity contribution in [2.75, 3.05) is 12.0 Å². The summed E-state index contributed by atoms with van der Waals surface area (Å²) in [5.74, 6) is 0. The van der Waals surface area contributed by atoms with Crippen molar-refractivity contribution in [3.05, 3.63) is 41.8 Å². The first-order valence-corrected chi connectivity index (χ1v) is 5.20. The van der Waals surface area contributed by atoms with Crippen molar-refractivity contribution in [1.82, 2.24) is 4.41 Å². The molecule has 68 valence electrons. The van der Waals surface area contributed by atoms with Crippen LogP contribution >= 0.6 is 11.9 Å². The summed E-state index contributed by atoms with van der Waals surface area (Å²) in [5.41, 5.74) is 4.47. The van der Waals surface area contributed by atoms with Gasteiger partial charge in [-0.15, -0.1) is 0 Å². The SMILES string of the molecule is C1=CSN(Nc2ccccc2)CC1. The minimum absolute atomic E-state index is 1.05. The Morgan fingerprint density at radius 2 is 2.08 bits per heavy atom. The third-order valence-corrected chi connectivity index (χ3v) is 2.65. The summed E-state index contributed by atoms with van der Waals surface area (Å²) in [6.07, 6.45) is 3.31. The molecule has 0 amide bonds. The van der Waals surface area contributed by atoms with Crippen LogP contribution in [0.15, 0.2) is 41.8 Å². The molecule has 0 unspecified atom stereocenters. The van der Waals surface area contributed by atoms with Crippen LogP contribution in [0.5, 0.6) is 0 Å². The van der Waals surface area contributed by atoms with Crippen molar-refractivity contribution in [3.63, 3.8) is 0 Å². The molecular formula is C10H12N2S. The van der Waals surface area contributed by atoms with E-state index in [4.69, 9.17) is 0 Å². The van der Waals surface area contributed by atoms with Crippen molar-refractivity contribution in [2.45, 2.75) is 6.42 Å². The van der Waals surface area contributed by atoms with E-state index in [0.29, 0.717) is 0 Å². The maximum Gasteiger partial charge on any atom is 0.0499 e. The quantitative estimate of drug-likeness (QED) is 0.725. The van der Waals surface area contributed by atoms with Gasteiger partial charge in [-0.1, -0.05) is 24.3 Å². The molecule has 0 saturated carbocycles. The van der Waals surface area contributed by atoms with E-state index in [1.807, 2.05) is 18.2 Å². The van der Waals surface area contributed by atoms with Gasteiger partial charge in [-0.25, -0.2) is 0 Å². The standard InChI is InChI=1S/C10H12N2S/c1-2-6-10(7-3-1)11-12-8-4-5-9-13-12/h1-3,5-7,9,11H,4,8H2. The van der Waals surface area contributed by atoms with E-state index >= 15 is 0 Å². The number of rotatable bonds is 2. The van der Waals surface area contributed by atoms with Crippen LogP contribution in [0.1, 0.15) is 6.42 Å².